The highest BCUT2D eigenvalue weighted by atomic mass is 32.1. The monoisotopic (exact) mass is 215 g/mol. The van der Waals surface area contributed by atoms with Crippen LogP contribution in [0.1, 0.15) is 11.3 Å². The van der Waals surface area contributed by atoms with E-state index in [-0.39, 0.29) is 0 Å². The van der Waals surface area contributed by atoms with E-state index in [1.54, 1.807) is 25.6 Å². The van der Waals surface area contributed by atoms with E-state index in [9.17, 15) is 0 Å². The lowest BCUT2D eigenvalue weighted by Gasteiger charge is -2.01. The zero-order valence-corrected chi connectivity index (χ0v) is 9.52. The van der Waals surface area contributed by atoms with Crippen LogP contribution in [0.2, 0.25) is 0 Å². The van der Waals surface area contributed by atoms with Gasteiger partial charge in [-0.3, -0.25) is 0 Å². The molecule has 0 unspecified atom stereocenters. The third-order valence-electron chi connectivity index (χ3n) is 1.84. The van der Waals surface area contributed by atoms with Crippen LogP contribution in [0.4, 0.5) is 0 Å². The van der Waals surface area contributed by atoms with Gasteiger partial charge in [-0.15, -0.1) is 11.3 Å². The van der Waals surface area contributed by atoms with Gasteiger partial charge in [-0.2, -0.15) is 0 Å². The van der Waals surface area contributed by atoms with Gasteiger partial charge in [0.05, 0.1) is 7.11 Å². The quantitative estimate of drug-likeness (QED) is 0.704. The van der Waals surface area contributed by atoms with Gasteiger partial charge in [0.1, 0.15) is 0 Å². The average Bonchev–Trinajstić information content (AvgIpc) is 2.65. The maximum atomic E-state index is 5.11. The smallest absolute Gasteiger partial charge is 0.173 e. The first-order valence-corrected chi connectivity index (χ1v) is 5.51. The molecule has 0 bridgehead atoms. The summed E-state index contributed by atoms with van der Waals surface area (Å²) in [6.07, 6.45) is 1.05. The van der Waals surface area contributed by atoms with Crippen molar-refractivity contribution >= 4 is 11.3 Å². The molecule has 4 heteroatoms. The molecular formula is C10H17NO2S. The van der Waals surface area contributed by atoms with E-state index in [2.05, 4.69) is 11.4 Å². The molecule has 0 fully saturated rings. The van der Waals surface area contributed by atoms with Crippen LogP contribution >= 0.6 is 11.3 Å². The van der Waals surface area contributed by atoms with Gasteiger partial charge in [-0.25, -0.2) is 0 Å². The lowest BCUT2D eigenvalue weighted by Crippen LogP contribution is -2.15. The standard InChI is InChI=1S/C10H17NO2S/c1-12-7-3-6-11-8-9-4-5-10(13-2)14-9/h4-5,11H,3,6-8H2,1-2H3. The predicted molar refractivity (Wildman–Crippen MR) is 59.1 cm³/mol. The van der Waals surface area contributed by atoms with Crippen molar-refractivity contribution in [3.05, 3.63) is 17.0 Å². The van der Waals surface area contributed by atoms with Gasteiger partial charge in [-0.1, -0.05) is 0 Å². The molecule has 1 aromatic heterocycles. The normalized spacial score (nSPS) is 10.4. The van der Waals surface area contributed by atoms with Crippen molar-refractivity contribution in [2.75, 3.05) is 27.4 Å². The molecule has 0 aromatic carbocycles. The van der Waals surface area contributed by atoms with Gasteiger partial charge < -0.3 is 14.8 Å². The van der Waals surface area contributed by atoms with E-state index in [4.69, 9.17) is 9.47 Å². The molecule has 1 aromatic rings. The van der Waals surface area contributed by atoms with Gasteiger partial charge in [0, 0.05) is 25.1 Å². The molecule has 0 aliphatic heterocycles. The average molecular weight is 215 g/mol. The summed E-state index contributed by atoms with van der Waals surface area (Å²) in [6.45, 7) is 2.73. The lowest BCUT2D eigenvalue weighted by atomic mass is 10.4. The summed E-state index contributed by atoms with van der Waals surface area (Å²) in [4.78, 5) is 1.30. The molecule has 0 saturated carbocycles. The molecule has 0 amide bonds. The van der Waals surface area contributed by atoms with Crippen LogP contribution in [0.5, 0.6) is 5.06 Å². The number of rotatable bonds is 7. The Kier molecular flexibility index (Phi) is 5.59. The highest BCUT2D eigenvalue weighted by Crippen LogP contribution is 2.23. The molecule has 1 rings (SSSR count). The molecule has 0 saturated heterocycles. The summed E-state index contributed by atoms with van der Waals surface area (Å²) in [5.41, 5.74) is 0. The Balaban J connectivity index is 2.12. The Morgan fingerprint density at radius 1 is 1.36 bits per heavy atom. The Hall–Kier alpha value is -0.580. The zero-order chi connectivity index (χ0) is 10.2. The van der Waals surface area contributed by atoms with E-state index in [1.807, 2.05) is 6.07 Å². The van der Waals surface area contributed by atoms with Crippen LogP contribution in [-0.4, -0.2) is 27.4 Å². The summed E-state index contributed by atoms with van der Waals surface area (Å²) in [6, 6.07) is 4.09. The number of ether oxygens (including phenoxy) is 2. The van der Waals surface area contributed by atoms with Gasteiger partial charge in [-0.05, 0) is 25.1 Å². The van der Waals surface area contributed by atoms with Crippen LogP contribution in [0.25, 0.3) is 0 Å². The van der Waals surface area contributed by atoms with Crippen LogP contribution in [0.3, 0.4) is 0 Å². The van der Waals surface area contributed by atoms with Crippen LogP contribution in [0, 0.1) is 0 Å². The number of hydrogen-bond acceptors (Lipinski definition) is 4. The van der Waals surface area contributed by atoms with Gasteiger partial charge in [0.2, 0.25) is 0 Å². The Morgan fingerprint density at radius 2 is 2.21 bits per heavy atom. The molecule has 1 heterocycles. The largest absolute Gasteiger partial charge is 0.487 e. The first-order valence-electron chi connectivity index (χ1n) is 4.69. The third kappa shape index (κ3) is 4.09. The molecule has 0 aliphatic rings. The molecular weight excluding hydrogens is 198 g/mol. The van der Waals surface area contributed by atoms with Crippen molar-refractivity contribution in [1.82, 2.24) is 5.32 Å². The topological polar surface area (TPSA) is 30.5 Å². The van der Waals surface area contributed by atoms with Crippen LogP contribution in [0.15, 0.2) is 12.1 Å². The second-order valence-corrected chi connectivity index (χ2v) is 4.08. The molecule has 0 spiro atoms. The predicted octanol–water partition coefficient (Wildman–Crippen LogP) is 1.88. The summed E-state index contributed by atoms with van der Waals surface area (Å²) in [5, 5.41) is 4.32. The second-order valence-electron chi connectivity index (χ2n) is 2.95. The Bertz CT molecular complexity index is 250. The number of methoxy groups -OCH3 is 2. The van der Waals surface area contributed by atoms with Crippen molar-refractivity contribution in [2.45, 2.75) is 13.0 Å². The summed E-state index contributed by atoms with van der Waals surface area (Å²) in [7, 11) is 3.42. The molecule has 3 nitrogen and oxygen atoms in total. The fourth-order valence-corrected chi connectivity index (χ4v) is 1.90. The molecule has 1 N–H and O–H groups in total. The Labute approximate surface area is 89.0 Å². The van der Waals surface area contributed by atoms with Crippen molar-refractivity contribution in [1.29, 1.82) is 0 Å². The first kappa shape index (κ1) is 11.5. The van der Waals surface area contributed by atoms with Gasteiger partial charge in [0.15, 0.2) is 5.06 Å². The third-order valence-corrected chi connectivity index (χ3v) is 2.89. The summed E-state index contributed by atoms with van der Waals surface area (Å²) < 4.78 is 10.1. The maximum absolute atomic E-state index is 5.11. The molecule has 0 aliphatic carbocycles. The van der Waals surface area contributed by atoms with Crippen molar-refractivity contribution in [3.8, 4) is 5.06 Å². The zero-order valence-electron chi connectivity index (χ0n) is 8.71. The first-order chi connectivity index (χ1) is 6.86. The lowest BCUT2D eigenvalue weighted by molar-refractivity contribution is 0.194. The van der Waals surface area contributed by atoms with E-state index < -0.39 is 0 Å². The minimum absolute atomic E-state index is 0.820. The van der Waals surface area contributed by atoms with E-state index in [0.29, 0.717) is 0 Å². The van der Waals surface area contributed by atoms with Crippen LogP contribution in [-0.2, 0) is 11.3 Å². The Morgan fingerprint density at radius 3 is 2.86 bits per heavy atom. The van der Waals surface area contributed by atoms with E-state index in [1.165, 1.54) is 4.88 Å². The van der Waals surface area contributed by atoms with Crippen molar-refractivity contribution < 1.29 is 9.47 Å². The highest BCUT2D eigenvalue weighted by Gasteiger charge is 1.98. The highest BCUT2D eigenvalue weighted by molar-refractivity contribution is 7.13. The van der Waals surface area contributed by atoms with Gasteiger partial charge >= 0.3 is 0 Å². The molecule has 14 heavy (non-hydrogen) atoms. The summed E-state index contributed by atoms with van der Waals surface area (Å²) in [5.74, 6) is 0. The maximum Gasteiger partial charge on any atom is 0.173 e. The minimum atomic E-state index is 0.820. The van der Waals surface area contributed by atoms with E-state index in [0.717, 1.165) is 31.2 Å². The number of hydrogen-bond donors (Lipinski definition) is 1. The van der Waals surface area contributed by atoms with E-state index >= 15 is 0 Å². The fraction of sp³-hybridized carbons (Fsp3) is 0.600. The van der Waals surface area contributed by atoms with Gasteiger partial charge in [0.25, 0.3) is 0 Å². The van der Waals surface area contributed by atoms with Crippen molar-refractivity contribution in [3.63, 3.8) is 0 Å². The molecule has 0 radical (unpaired) electrons. The number of thiophene rings is 1. The van der Waals surface area contributed by atoms with Crippen LogP contribution < -0.4 is 10.1 Å². The molecule has 80 valence electrons. The van der Waals surface area contributed by atoms with Crippen molar-refractivity contribution in [2.24, 2.45) is 0 Å². The second kappa shape index (κ2) is 6.81. The summed E-state index contributed by atoms with van der Waals surface area (Å²) >= 11 is 1.68. The minimum Gasteiger partial charge on any atom is -0.487 e. The fourth-order valence-electron chi connectivity index (χ4n) is 1.12. The molecule has 0 atom stereocenters. The number of nitrogens with one attached hydrogen (secondary N) is 1. The SMILES string of the molecule is COCCCNCc1ccc(OC)s1.